The highest BCUT2D eigenvalue weighted by atomic mass is 32.2. The number of benzene rings is 1. The first-order valence-corrected chi connectivity index (χ1v) is 7.94. The van der Waals surface area contributed by atoms with Crippen molar-refractivity contribution in [1.29, 1.82) is 0 Å². The van der Waals surface area contributed by atoms with Gasteiger partial charge in [-0.1, -0.05) is 12.1 Å². The maximum atomic E-state index is 5.33. The highest BCUT2D eigenvalue weighted by molar-refractivity contribution is 7.98. The first kappa shape index (κ1) is 14.7. The van der Waals surface area contributed by atoms with Crippen LogP contribution in [-0.4, -0.2) is 17.8 Å². The molecule has 0 bridgehead atoms. The van der Waals surface area contributed by atoms with Gasteiger partial charge in [-0.3, -0.25) is 0 Å². The minimum Gasteiger partial charge on any atom is -0.478 e. The fourth-order valence-electron chi connectivity index (χ4n) is 1.92. The van der Waals surface area contributed by atoms with E-state index in [9.17, 15) is 0 Å². The van der Waals surface area contributed by atoms with Gasteiger partial charge in [-0.15, -0.1) is 11.8 Å². The predicted octanol–water partition coefficient (Wildman–Crippen LogP) is 4.38. The van der Waals surface area contributed by atoms with Crippen molar-refractivity contribution in [2.45, 2.75) is 24.8 Å². The number of nitrogens with one attached hydrogen (secondary N) is 1. The van der Waals surface area contributed by atoms with Crippen molar-refractivity contribution in [1.82, 2.24) is 4.98 Å². The summed E-state index contributed by atoms with van der Waals surface area (Å²) in [4.78, 5) is 5.54. The largest absolute Gasteiger partial charge is 0.478 e. The average molecular weight is 288 g/mol. The third-order valence-electron chi connectivity index (χ3n) is 3.03. The minimum absolute atomic E-state index is 0.241. The van der Waals surface area contributed by atoms with Gasteiger partial charge in [0, 0.05) is 17.0 Å². The Hall–Kier alpha value is -1.68. The van der Waals surface area contributed by atoms with Crippen LogP contribution in [0.5, 0.6) is 5.88 Å². The number of thioether (sulfide) groups is 1. The van der Waals surface area contributed by atoms with Gasteiger partial charge in [0.25, 0.3) is 0 Å². The molecule has 1 aromatic carbocycles. The third-order valence-corrected chi connectivity index (χ3v) is 3.77. The van der Waals surface area contributed by atoms with Gasteiger partial charge in [0.1, 0.15) is 0 Å². The van der Waals surface area contributed by atoms with Crippen LogP contribution >= 0.6 is 11.8 Å². The van der Waals surface area contributed by atoms with Crippen LogP contribution in [0.1, 0.15) is 25.5 Å². The van der Waals surface area contributed by atoms with Crippen LogP contribution in [0.2, 0.25) is 0 Å². The summed E-state index contributed by atoms with van der Waals surface area (Å²) in [6, 6.07) is 12.7. The molecule has 0 aliphatic heterocycles. The smallest absolute Gasteiger partial charge is 0.213 e. The van der Waals surface area contributed by atoms with Crippen molar-refractivity contribution in [3.8, 4) is 5.88 Å². The van der Waals surface area contributed by atoms with E-state index in [2.05, 4.69) is 47.7 Å². The van der Waals surface area contributed by atoms with E-state index in [1.165, 1.54) is 10.5 Å². The lowest BCUT2D eigenvalue weighted by atomic mass is 10.1. The van der Waals surface area contributed by atoms with Gasteiger partial charge >= 0.3 is 0 Å². The Balaban J connectivity index is 2.00. The van der Waals surface area contributed by atoms with Gasteiger partial charge in [0.15, 0.2) is 0 Å². The Bertz CT molecular complexity index is 525. The molecule has 4 heteroatoms. The highest BCUT2D eigenvalue weighted by Gasteiger charge is 2.05. The molecule has 0 fully saturated rings. The van der Waals surface area contributed by atoms with E-state index in [1.54, 1.807) is 18.0 Å². The summed E-state index contributed by atoms with van der Waals surface area (Å²) in [5.74, 6) is 0.662. The molecule has 3 nitrogen and oxygen atoms in total. The topological polar surface area (TPSA) is 34.1 Å². The summed E-state index contributed by atoms with van der Waals surface area (Å²) < 4.78 is 5.33. The van der Waals surface area contributed by atoms with Crippen LogP contribution in [0.3, 0.4) is 0 Å². The Morgan fingerprint density at radius 2 is 1.95 bits per heavy atom. The summed E-state index contributed by atoms with van der Waals surface area (Å²) in [5, 5.41) is 3.44. The van der Waals surface area contributed by atoms with Crippen LogP contribution in [0.15, 0.2) is 47.5 Å². The minimum atomic E-state index is 0.241. The van der Waals surface area contributed by atoms with Crippen molar-refractivity contribution in [2.75, 3.05) is 18.2 Å². The molecule has 1 N–H and O–H groups in total. The van der Waals surface area contributed by atoms with E-state index in [0.29, 0.717) is 12.5 Å². The molecule has 0 radical (unpaired) electrons. The summed E-state index contributed by atoms with van der Waals surface area (Å²) in [7, 11) is 0. The van der Waals surface area contributed by atoms with Crippen molar-refractivity contribution >= 4 is 17.4 Å². The van der Waals surface area contributed by atoms with E-state index in [-0.39, 0.29) is 6.04 Å². The summed E-state index contributed by atoms with van der Waals surface area (Å²) in [6.07, 6.45) is 3.89. The number of pyridine rings is 1. The summed E-state index contributed by atoms with van der Waals surface area (Å²) in [5.41, 5.74) is 2.26. The van der Waals surface area contributed by atoms with Gasteiger partial charge in [0.05, 0.1) is 18.5 Å². The fraction of sp³-hybridized carbons (Fsp3) is 0.312. The lowest BCUT2D eigenvalue weighted by Crippen LogP contribution is -2.06. The molecule has 1 heterocycles. The highest BCUT2D eigenvalue weighted by Crippen LogP contribution is 2.22. The number of ether oxygens (including phenoxy) is 1. The number of rotatable bonds is 6. The van der Waals surface area contributed by atoms with Crippen LogP contribution in [0, 0.1) is 0 Å². The number of anilines is 1. The molecule has 0 aliphatic rings. The first-order chi connectivity index (χ1) is 9.72. The van der Waals surface area contributed by atoms with Crippen molar-refractivity contribution in [2.24, 2.45) is 0 Å². The van der Waals surface area contributed by atoms with E-state index in [0.717, 1.165) is 5.69 Å². The van der Waals surface area contributed by atoms with Gasteiger partial charge in [-0.05, 0) is 43.9 Å². The lowest BCUT2D eigenvalue weighted by molar-refractivity contribution is 0.327. The molecule has 106 valence electrons. The Kier molecular flexibility index (Phi) is 5.30. The van der Waals surface area contributed by atoms with Gasteiger partial charge in [-0.2, -0.15) is 0 Å². The van der Waals surface area contributed by atoms with Crippen LogP contribution in [0.4, 0.5) is 5.69 Å². The monoisotopic (exact) mass is 288 g/mol. The molecule has 2 rings (SSSR count). The standard InChI is InChI=1S/C16H20N2OS/c1-4-19-16-10-7-14(11-17-16)18-12(2)13-5-8-15(20-3)9-6-13/h5-12,18H,4H2,1-3H3. The van der Waals surface area contributed by atoms with E-state index < -0.39 is 0 Å². The van der Waals surface area contributed by atoms with E-state index in [1.807, 2.05) is 19.1 Å². The quantitative estimate of drug-likeness (QED) is 0.800. The second-order valence-corrected chi connectivity index (χ2v) is 5.34. The lowest BCUT2D eigenvalue weighted by Gasteiger charge is -2.16. The van der Waals surface area contributed by atoms with Gasteiger partial charge in [0.2, 0.25) is 5.88 Å². The second kappa shape index (κ2) is 7.20. The van der Waals surface area contributed by atoms with Crippen molar-refractivity contribution < 1.29 is 4.74 Å². The summed E-state index contributed by atoms with van der Waals surface area (Å²) >= 11 is 1.76. The normalized spacial score (nSPS) is 11.9. The van der Waals surface area contributed by atoms with Crippen LogP contribution in [-0.2, 0) is 0 Å². The predicted molar refractivity (Wildman–Crippen MR) is 85.7 cm³/mol. The Labute approximate surface area is 124 Å². The molecular formula is C16H20N2OS. The number of hydrogen-bond acceptors (Lipinski definition) is 4. The molecule has 2 aromatic rings. The van der Waals surface area contributed by atoms with Gasteiger partial charge in [-0.25, -0.2) is 4.98 Å². The Morgan fingerprint density at radius 3 is 2.50 bits per heavy atom. The van der Waals surface area contributed by atoms with Crippen molar-refractivity contribution in [3.63, 3.8) is 0 Å². The third kappa shape index (κ3) is 3.90. The SMILES string of the molecule is CCOc1ccc(NC(C)c2ccc(SC)cc2)cn1. The molecule has 0 aliphatic carbocycles. The average Bonchev–Trinajstić information content (AvgIpc) is 2.49. The van der Waals surface area contributed by atoms with Crippen molar-refractivity contribution in [3.05, 3.63) is 48.2 Å². The molecule has 0 spiro atoms. The molecular weight excluding hydrogens is 268 g/mol. The fourth-order valence-corrected chi connectivity index (χ4v) is 2.33. The molecule has 0 amide bonds. The van der Waals surface area contributed by atoms with E-state index >= 15 is 0 Å². The molecule has 1 unspecified atom stereocenters. The van der Waals surface area contributed by atoms with E-state index in [4.69, 9.17) is 4.74 Å². The second-order valence-electron chi connectivity index (χ2n) is 4.46. The maximum Gasteiger partial charge on any atom is 0.213 e. The zero-order valence-corrected chi connectivity index (χ0v) is 12.9. The number of nitrogens with zero attached hydrogens (tertiary/aromatic N) is 1. The number of aromatic nitrogens is 1. The molecule has 1 aromatic heterocycles. The zero-order chi connectivity index (χ0) is 14.4. The Morgan fingerprint density at radius 1 is 1.20 bits per heavy atom. The molecule has 20 heavy (non-hydrogen) atoms. The summed E-state index contributed by atoms with van der Waals surface area (Å²) in [6.45, 7) is 4.73. The molecule has 1 atom stereocenters. The van der Waals surface area contributed by atoms with Crippen LogP contribution < -0.4 is 10.1 Å². The van der Waals surface area contributed by atoms with Gasteiger partial charge < -0.3 is 10.1 Å². The molecule has 0 saturated carbocycles. The first-order valence-electron chi connectivity index (χ1n) is 6.72. The molecule has 0 saturated heterocycles. The number of hydrogen-bond donors (Lipinski definition) is 1. The maximum absolute atomic E-state index is 5.33. The van der Waals surface area contributed by atoms with Crippen LogP contribution in [0.25, 0.3) is 0 Å². The zero-order valence-electron chi connectivity index (χ0n) is 12.1.